The summed E-state index contributed by atoms with van der Waals surface area (Å²) in [6, 6.07) is 5.66. The van der Waals surface area contributed by atoms with Gasteiger partial charge in [-0.2, -0.15) is 0 Å². The van der Waals surface area contributed by atoms with E-state index >= 15 is 0 Å². The second-order valence-electron chi connectivity index (χ2n) is 4.68. The third kappa shape index (κ3) is 3.30. The molecule has 0 heterocycles. The number of Topliss-reactive ketones (excluding diaryl/α,β-unsaturated/α-hetero) is 1. The smallest absolute Gasteiger partial charge is 0.133 e. The molecule has 1 aromatic rings. The molecule has 1 saturated carbocycles. The summed E-state index contributed by atoms with van der Waals surface area (Å²) in [6.07, 6.45) is 2.55. The van der Waals surface area contributed by atoms with Gasteiger partial charge in [-0.25, -0.2) is 0 Å². The van der Waals surface area contributed by atoms with Gasteiger partial charge in [-0.3, -0.25) is 4.79 Å². The van der Waals surface area contributed by atoms with Crippen molar-refractivity contribution in [3.63, 3.8) is 0 Å². The number of hydrogen-bond donors (Lipinski definition) is 1. The van der Waals surface area contributed by atoms with Crippen molar-refractivity contribution in [1.82, 2.24) is 0 Å². The number of carbonyl (C=O) groups excluding carboxylic acids is 1. The standard InChI is InChI=1S/C13H14BrClO2/c14-10-2-1-9(12(15)7-10)8-13(17)5-3-11(16)4-6-13/h1-2,7,17H,3-6,8H2. The fourth-order valence-corrected chi connectivity index (χ4v) is 2.93. The van der Waals surface area contributed by atoms with E-state index in [1.54, 1.807) is 0 Å². The Kier molecular flexibility index (Phi) is 3.91. The van der Waals surface area contributed by atoms with Crippen molar-refractivity contribution < 1.29 is 9.90 Å². The van der Waals surface area contributed by atoms with Crippen LogP contribution in [0.4, 0.5) is 0 Å². The van der Waals surface area contributed by atoms with Gasteiger partial charge in [-0.1, -0.05) is 33.6 Å². The Morgan fingerprint density at radius 2 is 2.00 bits per heavy atom. The lowest BCUT2D eigenvalue weighted by atomic mass is 9.80. The van der Waals surface area contributed by atoms with Gasteiger partial charge in [0.1, 0.15) is 5.78 Å². The first-order valence-corrected chi connectivity index (χ1v) is 6.84. The average molecular weight is 318 g/mol. The van der Waals surface area contributed by atoms with Gasteiger partial charge in [-0.05, 0) is 30.5 Å². The summed E-state index contributed by atoms with van der Waals surface area (Å²) in [5.41, 5.74) is 0.164. The molecule has 0 bridgehead atoms. The van der Waals surface area contributed by atoms with Crippen molar-refractivity contribution >= 4 is 33.3 Å². The molecule has 4 heteroatoms. The first kappa shape index (κ1) is 13.1. The summed E-state index contributed by atoms with van der Waals surface area (Å²) >= 11 is 9.48. The van der Waals surface area contributed by atoms with Gasteiger partial charge in [-0.15, -0.1) is 0 Å². The zero-order chi connectivity index (χ0) is 12.5. The highest BCUT2D eigenvalue weighted by Gasteiger charge is 2.32. The molecule has 0 aromatic heterocycles. The van der Waals surface area contributed by atoms with Crippen LogP contribution in [0.25, 0.3) is 0 Å². The number of hydrogen-bond acceptors (Lipinski definition) is 2. The molecule has 17 heavy (non-hydrogen) atoms. The Balaban J connectivity index is 2.12. The number of halogens is 2. The zero-order valence-corrected chi connectivity index (χ0v) is 11.7. The molecule has 0 aliphatic heterocycles. The van der Waals surface area contributed by atoms with Crippen molar-refractivity contribution in [3.05, 3.63) is 33.3 Å². The second kappa shape index (κ2) is 5.09. The topological polar surface area (TPSA) is 37.3 Å². The highest BCUT2D eigenvalue weighted by atomic mass is 79.9. The lowest BCUT2D eigenvalue weighted by molar-refractivity contribution is -0.125. The van der Waals surface area contributed by atoms with Gasteiger partial charge in [0, 0.05) is 28.8 Å². The molecular formula is C13H14BrClO2. The number of carbonyl (C=O) groups is 1. The van der Waals surface area contributed by atoms with Crippen LogP contribution in [0, 0.1) is 0 Å². The Hall–Kier alpha value is -0.380. The molecule has 2 nitrogen and oxygen atoms in total. The van der Waals surface area contributed by atoms with Crippen LogP contribution in [0.3, 0.4) is 0 Å². The molecule has 0 atom stereocenters. The minimum atomic E-state index is -0.772. The fourth-order valence-electron chi connectivity index (χ4n) is 2.19. The van der Waals surface area contributed by atoms with Crippen LogP contribution in [0.5, 0.6) is 0 Å². The van der Waals surface area contributed by atoms with Crippen molar-refractivity contribution in [1.29, 1.82) is 0 Å². The highest BCUT2D eigenvalue weighted by Crippen LogP contribution is 2.32. The minimum absolute atomic E-state index is 0.247. The van der Waals surface area contributed by atoms with E-state index in [0.717, 1.165) is 10.0 Å². The molecule has 1 fully saturated rings. The van der Waals surface area contributed by atoms with Crippen LogP contribution in [0.2, 0.25) is 5.02 Å². The maximum absolute atomic E-state index is 11.2. The summed E-state index contributed by atoms with van der Waals surface area (Å²) in [5, 5.41) is 11.1. The summed E-state index contributed by atoms with van der Waals surface area (Å²) in [4.78, 5) is 11.2. The van der Waals surface area contributed by atoms with E-state index in [0.29, 0.717) is 37.1 Å². The first-order chi connectivity index (χ1) is 7.98. The summed E-state index contributed by atoms with van der Waals surface area (Å²) in [5.74, 6) is 0.247. The maximum Gasteiger partial charge on any atom is 0.133 e. The molecule has 0 amide bonds. The highest BCUT2D eigenvalue weighted by molar-refractivity contribution is 9.10. The molecule has 0 spiro atoms. The van der Waals surface area contributed by atoms with Crippen molar-refractivity contribution in [2.75, 3.05) is 0 Å². The van der Waals surface area contributed by atoms with Crippen LogP contribution in [-0.4, -0.2) is 16.5 Å². The van der Waals surface area contributed by atoms with E-state index in [9.17, 15) is 9.90 Å². The Morgan fingerprint density at radius 1 is 1.35 bits per heavy atom. The first-order valence-electron chi connectivity index (χ1n) is 5.67. The Labute approximate surface area is 114 Å². The summed E-state index contributed by atoms with van der Waals surface area (Å²) < 4.78 is 0.928. The van der Waals surface area contributed by atoms with Crippen LogP contribution in [0.1, 0.15) is 31.2 Å². The van der Waals surface area contributed by atoms with E-state index in [-0.39, 0.29) is 5.78 Å². The van der Waals surface area contributed by atoms with Crippen molar-refractivity contribution in [2.45, 2.75) is 37.7 Å². The molecule has 1 aromatic carbocycles. The lowest BCUT2D eigenvalue weighted by Crippen LogP contribution is -2.36. The normalized spacial score (nSPS) is 19.4. The third-order valence-corrected chi connectivity index (χ3v) is 4.12. The van der Waals surface area contributed by atoms with Gasteiger partial charge >= 0.3 is 0 Å². The third-order valence-electron chi connectivity index (χ3n) is 3.27. The largest absolute Gasteiger partial charge is 0.390 e. The van der Waals surface area contributed by atoms with Gasteiger partial charge in [0.25, 0.3) is 0 Å². The Morgan fingerprint density at radius 3 is 2.59 bits per heavy atom. The van der Waals surface area contributed by atoms with Crippen LogP contribution < -0.4 is 0 Å². The van der Waals surface area contributed by atoms with Crippen LogP contribution >= 0.6 is 27.5 Å². The molecular weight excluding hydrogens is 303 g/mol. The number of aliphatic hydroxyl groups is 1. The van der Waals surface area contributed by atoms with E-state index in [4.69, 9.17) is 11.6 Å². The van der Waals surface area contributed by atoms with Crippen LogP contribution in [0.15, 0.2) is 22.7 Å². The predicted octanol–water partition coefficient (Wildman–Crippen LogP) is 3.52. The van der Waals surface area contributed by atoms with Crippen LogP contribution in [-0.2, 0) is 11.2 Å². The molecule has 0 unspecified atom stereocenters. The molecule has 2 rings (SSSR count). The molecule has 1 aliphatic rings. The van der Waals surface area contributed by atoms with Gasteiger partial charge in [0.05, 0.1) is 5.60 Å². The summed E-state index contributed by atoms with van der Waals surface area (Å²) in [7, 11) is 0. The van der Waals surface area contributed by atoms with E-state index < -0.39 is 5.60 Å². The quantitative estimate of drug-likeness (QED) is 0.906. The van der Waals surface area contributed by atoms with E-state index in [1.165, 1.54) is 0 Å². The van der Waals surface area contributed by atoms with Gasteiger partial charge in [0.15, 0.2) is 0 Å². The molecule has 0 saturated heterocycles. The van der Waals surface area contributed by atoms with Crippen molar-refractivity contribution in [2.24, 2.45) is 0 Å². The maximum atomic E-state index is 11.2. The predicted molar refractivity (Wildman–Crippen MR) is 71.3 cm³/mol. The molecule has 92 valence electrons. The lowest BCUT2D eigenvalue weighted by Gasteiger charge is -2.31. The van der Waals surface area contributed by atoms with E-state index in [1.807, 2.05) is 18.2 Å². The minimum Gasteiger partial charge on any atom is -0.390 e. The SMILES string of the molecule is O=C1CCC(O)(Cc2ccc(Br)cc2Cl)CC1. The number of rotatable bonds is 2. The number of benzene rings is 1. The zero-order valence-electron chi connectivity index (χ0n) is 9.38. The molecule has 1 aliphatic carbocycles. The number of ketones is 1. The van der Waals surface area contributed by atoms with Gasteiger partial charge in [0.2, 0.25) is 0 Å². The van der Waals surface area contributed by atoms with Gasteiger partial charge < -0.3 is 5.11 Å². The Bertz CT molecular complexity index is 435. The fraction of sp³-hybridized carbons (Fsp3) is 0.462. The van der Waals surface area contributed by atoms with E-state index in [2.05, 4.69) is 15.9 Å². The molecule has 1 N–H and O–H groups in total. The monoisotopic (exact) mass is 316 g/mol. The molecule has 0 radical (unpaired) electrons. The second-order valence-corrected chi connectivity index (χ2v) is 6.00. The summed E-state index contributed by atoms with van der Waals surface area (Å²) in [6.45, 7) is 0. The van der Waals surface area contributed by atoms with Crippen molar-refractivity contribution in [3.8, 4) is 0 Å². The average Bonchev–Trinajstić information content (AvgIpc) is 2.27.